The predicted molar refractivity (Wildman–Crippen MR) is 90.8 cm³/mol. The summed E-state index contributed by atoms with van der Waals surface area (Å²) in [6.45, 7) is 1.73. The van der Waals surface area contributed by atoms with E-state index >= 15 is 0 Å². The minimum Gasteiger partial charge on any atom is -0.473 e. The Kier molecular flexibility index (Phi) is 7.93. The fourth-order valence-electron chi connectivity index (χ4n) is 1.77. The Morgan fingerprint density at radius 3 is 2.04 bits per heavy atom. The molecule has 1 aromatic heterocycles. The molecule has 0 radical (unpaired) electrons. The first-order valence-electron chi connectivity index (χ1n) is 7.22. The summed E-state index contributed by atoms with van der Waals surface area (Å²) in [5.41, 5.74) is 3.73. The van der Waals surface area contributed by atoms with Gasteiger partial charge in [-0.05, 0) is 29.3 Å². The van der Waals surface area contributed by atoms with Crippen molar-refractivity contribution >= 4 is 17.6 Å². The smallest absolute Gasteiger partial charge is 0.414 e. The first-order chi connectivity index (χ1) is 11.4. The molecule has 0 unspecified atom stereocenters. The fourth-order valence-corrected chi connectivity index (χ4v) is 1.77. The maximum Gasteiger partial charge on any atom is 0.414 e. The molecule has 24 heavy (non-hydrogen) atoms. The topological polar surface area (TPSA) is 103 Å². The van der Waals surface area contributed by atoms with Crippen LogP contribution >= 0.6 is 0 Å². The highest BCUT2D eigenvalue weighted by Crippen LogP contribution is 2.12. The predicted octanol–water partition coefficient (Wildman–Crippen LogP) is 1.59. The van der Waals surface area contributed by atoms with Crippen LogP contribution in [0, 0.1) is 0 Å². The number of aromatic nitrogens is 1. The molecular formula is C17H21N3O4. The number of aliphatic carboxylic acids is 2. The van der Waals surface area contributed by atoms with Crippen molar-refractivity contribution in [1.29, 1.82) is 0 Å². The van der Waals surface area contributed by atoms with E-state index in [2.05, 4.69) is 59.6 Å². The Morgan fingerprint density at radius 1 is 1.00 bits per heavy atom. The SMILES string of the molecule is CN(C)c1ccc(CNCc2cccnc2)cc1.O=C(O)C(=O)O. The lowest BCUT2D eigenvalue weighted by Crippen LogP contribution is -2.13. The van der Waals surface area contributed by atoms with E-state index in [1.165, 1.54) is 16.8 Å². The van der Waals surface area contributed by atoms with Crippen LogP contribution in [-0.4, -0.2) is 41.2 Å². The number of hydrogen-bond donors (Lipinski definition) is 3. The lowest BCUT2D eigenvalue weighted by atomic mass is 10.2. The minimum absolute atomic E-state index is 0.850. The van der Waals surface area contributed by atoms with Crippen molar-refractivity contribution in [3.8, 4) is 0 Å². The molecule has 0 aliphatic heterocycles. The third-order valence-electron chi connectivity index (χ3n) is 3.02. The molecule has 0 saturated heterocycles. The number of pyridine rings is 1. The molecule has 0 aliphatic rings. The third kappa shape index (κ3) is 7.37. The molecule has 0 amide bonds. The summed E-state index contributed by atoms with van der Waals surface area (Å²) in [6, 6.07) is 12.6. The molecule has 0 atom stereocenters. The maximum absolute atomic E-state index is 9.10. The van der Waals surface area contributed by atoms with Crippen LogP contribution in [0.5, 0.6) is 0 Å². The Balaban J connectivity index is 0.000000413. The highest BCUT2D eigenvalue weighted by molar-refractivity contribution is 6.27. The van der Waals surface area contributed by atoms with E-state index in [9.17, 15) is 0 Å². The summed E-state index contributed by atoms with van der Waals surface area (Å²) in [7, 11) is 4.10. The molecule has 128 valence electrons. The van der Waals surface area contributed by atoms with Crippen molar-refractivity contribution in [1.82, 2.24) is 10.3 Å². The number of nitrogens with zero attached hydrogens (tertiary/aromatic N) is 2. The lowest BCUT2D eigenvalue weighted by Gasteiger charge is -2.12. The standard InChI is InChI=1S/C15H19N3.C2H2O4/c1-18(2)15-7-5-13(6-8-15)10-17-12-14-4-3-9-16-11-14;3-1(4)2(5)6/h3-9,11,17H,10,12H2,1-2H3;(H,3,4)(H,5,6). The zero-order chi connectivity index (χ0) is 17.9. The van der Waals surface area contributed by atoms with E-state index in [1.807, 2.05) is 12.3 Å². The van der Waals surface area contributed by atoms with Crippen LogP contribution < -0.4 is 10.2 Å². The summed E-state index contributed by atoms with van der Waals surface area (Å²) in [6.07, 6.45) is 3.69. The Hall–Kier alpha value is -2.93. The molecule has 1 aromatic carbocycles. The number of hydrogen-bond acceptors (Lipinski definition) is 5. The lowest BCUT2D eigenvalue weighted by molar-refractivity contribution is -0.159. The van der Waals surface area contributed by atoms with Crippen LogP contribution in [0.2, 0.25) is 0 Å². The van der Waals surface area contributed by atoms with Crippen molar-refractivity contribution in [2.24, 2.45) is 0 Å². The number of nitrogens with one attached hydrogen (secondary N) is 1. The second-order valence-electron chi connectivity index (χ2n) is 5.14. The second-order valence-corrected chi connectivity index (χ2v) is 5.14. The van der Waals surface area contributed by atoms with Gasteiger partial charge in [-0.3, -0.25) is 4.98 Å². The van der Waals surface area contributed by atoms with E-state index < -0.39 is 11.9 Å². The van der Waals surface area contributed by atoms with Crippen LogP contribution in [0.15, 0.2) is 48.8 Å². The normalized spacial score (nSPS) is 9.58. The zero-order valence-electron chi connectivity index (χ0n) is 13.6. The van der Waals surface area contributed by atoms with E-state index in [4.69, 9.17) is 19.8 Å². The van der Waals surface area contributed by atoms with Gasteiger partial charge in [0.15, 0.2) is 0 Å². The maximum atomic E-state index is 9.10. The molecule has 0 fully saturated rings. The van der Waals surface area contributed by atoms with E-state index in [0.29, 0.717) is 0 Å². The van der Waals surface area contributed by atoms with Crippen LogP contribution in [0.3, 0.4) is 0 Å². The van der Waals surface area contributed by atoms with Gasteiger partial charge in [0.1, 0.15) is 0 Å². The van der Waals surface area contributed by atoms with Gasteiger partial charge in [-0.2, -0.15) is 0 Å². The molecule has 7 nitrogen and oxygen atoms in total. The van der Waals surface area contributed by atoms with Gasteiger partial charge in [-0.25, -0.2) is 9.59 Å². The first-order valence-corrected chi connectivity index (χ1v) is 7.22. The molecule has 7 heteroatoms. The van der Waals surface area contributed by atoms with E-state index in [-0.39, 0.29) is 0 Å². The van der Waals surface area contributed by atoms with Crippen molar-refractivity contribution in [3.63, 3.8) is 0 Å². The average molecular weight is 331 g/mol. The van der Waals surface area contributed by atoms with Crippen LogP contribution in [0.4, 0.5) is 5.69 Å². The number of anilines is 1. The van der Waals surface area contributed by atoms with Gasteiger partial charge in [0.05, 0.1) is 0 Å². The summed E-state index contributed by atoms with van der Waals surface area (Å²) in [5, 5.41) is 18.2. The Bertz CT molecular complexity index is 631. The largest absolute Gasteiger partial charge is 0.473 e. The van der Waals surface area contributed by atoms with Crippen molar-refractivity contribution in [2.75, 3.05) is 19.0 Å². The Labute approximate surface area is 140 Å². The van der Waals surface area contributed by atoms with E-state index in [0.717, 1.165) is 13.1 Å². The summed E-state index contributed by atoms with van der Waals surface area (Å²) >= 11 is 0. The molecule has 0 spiro atoms. The van der Waals surface area contributed by atoms with Gasteiger partial charge < -0.3 is 20.4 Å². The molecule has 0 aliphatic carbocycles. The van der Waals surface area contributed by atoms with Crippen LogP contribution in [-0.2, 0) is 22.7 Å². The highest BCUT2D eigenvalue weighted by atomic mass is 16.4. The molecule has 1 heterocycles. The average Bonchev–Trinajstić information content (AvgIpc) is 2.57. The van der Waals surface area contributed by atoms with Gasteiger partial charge in [-0.1, -0.05) is 18.2 Å². The van der Waals surface area contributed by atoms with Crippen molar-refractivity contribution < 1.29 is 19.8 Å². The highest BCUT2D eigenvalue weighted by Gasteiger charge is 2.04. The van der Waals surface area contributed by atoms with Gasteiger partial charge in [-0.15, -0.1) is 0 Å². The number of carboxylic acid groups (broad SMARTS) is 2. The monoisotopic (exact) mass is 331 g/mol. The molecule has 2 rings (SSSR count). The summed E-state index contributed by atoms with van der Waals surface area (Å²) < 4.78 is 0. The molecule has 0 bridgehead atoms. The quantitative estimate of drug-likeness (QED) is 0.715. The summed E-state index contributed by atoms with van der Waals surface area (Å²) in [5.74, 6) is -3.65. The van der Waals surface area contributed by atoms with E-state index in [1.54, 1.807) is 6.20 Å². The van der Waals surface area contributed by atoms with Gasteiger partial charge >= 0.3 is 11.9 Å². The molecule has 3 N–H and O–H groups in total. The fraction of sp³-hybridized carbons (Fsp3) is 0.235. The van der Waals surface area contributed by atoms with Gasteiger partial charge in [0.2, 0.25) is 0 Å². The van der Waals surface area contributed by atoms with Crippen molar-refractivity contribution in [2.45, 2.75) is 13.1 Å². The van der Waals surface area contributed by atoms with Gasteiger partial charge in [0, 0.05) is 45.3 Å². The minimum atomic E-state index is -1.82. The van der Waals surface area contributed by atoms with Crippen molar-refractivity contribution in [3.05, 3.63) is 59.9 Å². The number of benzene rings is 1. The number of carbonyl (C=O) groups is 2. The third-order valence-corrected chi connectivity index (χ3v) is 3.02. The number of rotatable bonds is 5. The molecule has 0 saturated carbocycles. The number of carboxylic acids is 2. The Morgan fingerprint density at radius 2 is 1.58 bits per heavy atom. The molecule has 2 aromatic rings. The van der Waals surface area contributed by atoms with Crippen LogP contribution in [0.1, 0.15) is 11.1 Å². The van der Waals surface area contributed by atoms with Gasteiger partial charge in [0.25, 0.3) is 0 Å². The first kappa shape index (κ1) is 19.1. The second kappa shape index (κ2) is 9.96. The zero-order valence-corrected chi connectivity index (χ0v) is 13.6. The molecular weight excluding hydrogens is 310 g/mol. The van der Waals surface area contributed by atoms with Crippen LogP contribution in [0.25, 0.3) is 0 Å². The summed E-state index contributed by atoms with van der Waals surface area (Å²) in [4.78, 5) is 24.4.